The van der Waals surface area contributed by atoms with E-state index in [9.17, 15) is 13.2 Å². The van der Waals surface area contributed by atoms with Crippen molar-refractivity contribution in [2.24, 2.45) is 0 Å². The van der Waals surface area contributed by atoms with E-state index in [-0.39, 0.29) is 16.5 Å². The van der Waals surface area contributed by atoms with E-state index in [1.807, 2.05) is 18.2 Å². The molecule has 4 rings (SSSR count). The fourth-order valence-electron chi connectivity index (χ4n) is 2.66. The number of anilines is 1. The summed E-state index contributed by atoms with van der Waals surface area (Å²) in [5.74, 6) is 0.581. The van der Waals surface area contributed by atoms with Gasteiger partial charge in [-0.05, 0) is 55.3 Å². The molecule has 1 fully saturated rings. The number of nitrogens with one attached hydrogen (secondary N) is 2. The lowest BCUT2D eigenvalue weighted by Gasteiger charge is -2.09. The van der Waals surface area contributed by atoms with Gasteiger partial charge in [-0.3, -0.25) is 4.79 Å². The second kappa shape index (κ2) is 8.55. The third-order valence-electron chi connectivity index (χ3n) is 4.32. The van der Waals surface area contributed by atoms with Gasteiger partial charge in [-0.2, -0.15) is 0 Å². The molecule has 1 saturated carbocycles. The summed E-state index contributed by atoms with van der Waals surface area (Å²) in [4.78, 5) is 16.8. The van der Waals surface area contributed by atoms with Crippen LogP contribution in [0.4, 0.5) is 5.69 Å². The van der Waals surface area contributed by atoms with Crippen molar-refractivity contribution in [3.05, 3.63) is 76.9 Å². The average molecular weight is 488 g/mol. The van der Waals surface area contributed by atoms with Crippen LogP contribution in [0.3, 0.4) is 0 Å². The number of sulfonamides is 1. The van der Waals surface area contributed by atoms with E-state index in [0.717, 1.165) is 17.3 Å². The minimum absolute atomic E-state index is 0.00344. The zero-order chi connectivity index (χ0) is 21.1. The zero-order valence-corrected chi connectivity index (χ0v) is 18.1. The second-order valence-electron chi connectivity index (χ2n) is 6.82. The lowest BCUT2D eigenvalue weighted by atomic mass is 10.2. The molecule has 2 aromatic carbocycles. The summed E-state index contributed by atoms with van der Waals surface area (Å²) in [6, 6.07) is 16.6. The molecule has 0 atom stereocenters. The lowest BCUT2D eigenvalue weighted by molar-refractivity contribution is 0.102. The van der Waals surface area contributed by atoms with Crippen LogP contribution in [-0.2, 0) is 10.0 Å². The second-order valence-corrected chi connectivity index (χ2v) is 9.45. The minimum Gasteiger partial charge on any atom is -0.439 e. The van der Waals surface area contributed by atoms with Crippen LogP contribution in [0, 0.1) is 0 Å². The van der Waals surface area contributed by atoms with E-state index in [1.165, 1.54) is 18.3 Å². The molecule has 0 saturated heterocycles. The van der Waals surface area contributed by atoms with Crippen molar-refractivity contribution < 1.29 is 17.9 Å². The Labute approximate surface area is 182 Å². The van der Waals surface area contributed by atoms with Gasteiger partial charge in [0.15, 0.2) is 0 Å². The number of halogens is 1. The number of benzene rings is 2. The highest BCUT2D eigenvalue weighted by Gasteiger charge is 2.28. The molecule has 0 aliphatic heterocycles. The van der Waals surface area contributed by atoms with Crippen molar-refractivity contribution in [2.75, 3.05) is 5.32 Å². The van der Waals surface area contributed by atoms with Crippen LogP contribution < -0.4 is 14.8 Å². The number of carbonyl (C=O) groups is 1. The molecule has 1 heterocycles. The predicted octanol–water partition coefficient (Wildman–Crippen LogP) is 4.33. The smallest absolute Gasteiger partial charge is 0.255 e. The van der Waals surface area contributed by atoms with Crippen LogP contribution in [0.25, 0.3) is 0 Å². The molecule has 1 amide bonds. The van der Waals surface area contributed by atoms with E-state index in [4.69, 9.17) is 4.74 Å². The SMILES string of the molecule is O=C(Nc1ccc(Oc2cccc(Br)c2)nc1)c1cccc(S(=O)(=O)NC2CC2)c1. The van der Waals surface area contributed by atoms with Crippen molar-refractivity contribution >= 4 is 37.5 Å². The Balaban J connectivity index is 1.43. The van der Waals surface area contributed by atoms with Crippen LogP contribution in [0.15, 0.2) is 76.2 Å². The maximum atomic E-state index is 12.6. The molecule has 9 heteroatoms. The van der Waals surface area contributed by atoms with Gasteiger partial charge in [0.2, 0.25) is 15.9 Å². The van der Waals surface area contributed by atoms with E-state index < -0.39 is 15.9 Å². The van der Waals surface area contributed by atoms with E-state index in [2.05, 4.69) is 31.0 Å². The van der Waals surface area contributed by atoms with Crippen LogP contribution in [0.5, 0.6) is 11.6 Å². The highest BCUT2D eigenvalue weighted by Crippen LogP contribution is 2.24. The number of ether oxygens (including phenoxy) is 1. The number of hydrogen-bond donors (Lipinski definition) is 2. The molecule has 1 aromatic heterocycles. The highest BCUT2D eigenvalue weighted by atomic mass is 79.9. The standard InChI is InChI=1S/C21H18BrN3O4S/c22-15-4-2-5-18(12-15)29-20-10-9-17(13-23-20)24-21(26)14-3-1-6-19(11-14)30(27,28)25-16-7-8-16/h1-6,9-13,16,25H,7-8H2,(H,24,26). The third kappa shape index (κ3) is 5.24. The van der Waals surface area contributed by atoms with Crippen molar-refractivity contribution in [1.29, 1.82) is 0 Å². The topological polar surface area (TPSA) is 97.4 Å². The summed E-state index contributed by atoms with van der Waals surface area (Å²) in [5.41, 5.74) is 0.703. The van der Waals surface area contributed by atoms with Gasteiger partial charge in [-0.25, -0.2) is 18.1 Å². The maximum Gasteiger partial charge on any atom is 0.255 e. The van der Waals surface area contributed by atoms with Gasteiger partial charge < -0.3 is 10.1 Å². The molecule has 1 aliphatic rings. The lowest BCUT2D eigenvalue weighted by Crippen LogP contribution is -2.26. The first-order valence-electron chi connectivity index (χ1n) is 9.22. The fraction of sp³-hybridized carbons (Fsp3) is 0.143. The summed E-state index contributed by atoms with van der Waals surface area (Å²) >= 11 is 3.38. The first-order chi connectivity index (χ1) is 14.4. The summed E-state index contributed by atoms with van der Waals surface area (Å²) in [5, 5.41) is 2.71. The Kier molecular flexibility index (Phi) is 5.85. The molecular formula is C21H18BrN3O4S. The van der Waals surface area contributed by atoms with E-state index in [1.54, 1.807) is 30.3 Å². The first kappa shape index (κ1) is 20.5. The number of hydrogen-bond acceptors (Lipinski definition) is 5. The third-order valence-corrected chi connectivity index (χ3v) is 6.33. The van der Waals surface area contributed by atoms with Gasteiger partial charge in [0, 0.05) is 22.1 Å². The fourth-order valence-corrected chi connectivity index (χ4v) is 4.39. The van der Waals surface area contributed by atoms with Gasteiger partial charge in [0.1, 0.15) is 5.75 Å². The van der Waals surface area contributed by atoms with Crippen molar-refractivity contribution in [1.82, 2.24) is 9.71 Å². The average Bonchev–Trinajstić information content (AvgIpc) is 3.53. The monoisotopic (exact) mass is 487 g/mol. The normalized spacial score (nSPS) is 13.6. The molecule has 0 unspecified atom stereocenters. The quantitative estimate of drug-likeness (QED) is 0.516. The molecule has 1 aliphatic carbocycles. The maximum absolute atomic E-state index is 12.6. The summed E-state index contributed by atoms with van der Waals surface area (Å²) in [6.45, 7) is 0. The molecular weight excluding hydrogens is 470 g/mol. The molecule has 154 valence electrons. The molecule has 0 radical (unpaired) electrons. The Hall–Kier alpha value is -2.75. The Bertz CT molecular complexity index is 1180. The Morgan fingerprint density at radius 3 is 2.57 bits per heavy atom. The Morgan fingerprint density at radius 2 is 1.87 bits per heavy atom. The molecule has 2 N–H and O–H groups in total. The Morgan fingerprint density at radius 1 is 1.07 bits per heavy atom. The number of aromatic nitrogens is 1. The summed E-state index contributed by atoms with van der Waals surface area (Å²) < 4.78 is 33.9. The van der Waals surface area contributed by atoms with Gasteiger partial charge >= 0.3 is 0 Å². The molecule has 30 heavy (non-hydrogen) atoms. The van der Waals surface area contributed by atoms with Crippen molar-refractivity contribution in [3.63, 3.8) is 0 Å². The highest BCUT2D eigenvalue weighted by molar-refractivity contribution is 9.10. The molecule has 0 spiro atoms. The molecule has 0 bridgehead atoms. The van der Waals surface area contributed by atoms with Crippen LogP contribution in [0.1, 0.15) is 23.2 Å². The number of pyridine rings is 1. The van der Waals surface area contributed by atoms with Gasteiger partial charge in [0.05, 0.1) is 16.8 Å². The first-order valence-corrected chi connectivity index (χ1v) is 11.5. The van der Waals surface area contributed by atoms with Gasteiger partial charge in [-0.1, -0.05) is 28.1 Å². The molecule has 3 aromatic rings. The summed E-state index contributed by atoms with van der Waals surface area (Å²) in [6.07, 6.45) is 3.15. The summed E-state index contributed by atoms with van der Waals surface area (Å²) in [7, 11) is -3.63. The number of rotatable bonds is 7. The van der Waals surface area contributed by atoms with Crippen LogP contribution in [-0.4, -0.2) is 25.4 Å². The number of amides is 1. The van der Waals surface area contributed by atoms with Gasteiger partial charge in [-0.15, -0.1) is 0 Å². The van der Waals surface area contributed by atoms with E-state index >= 15 is 0 Å². The van der Waals surface area contributed by atoms with E-state index in [0.29, 0.717) is 17.3 Å². The number of carbonyl (C=O) groups excluding carboxylic acids is 1. The zero-order valence-electron chi connectivity index (χ0n) is 15.7. The van der Waals surface area contributed by atoms with Crippen LogP contribution >= 0.6 is 15.9 Å². The molecule has 7 nitrogen and oxygen atoms in total. The largest absolute Gasteiger partial charge is 0.439 e. The van der Waals surface area contributed by atoms with Crippen molar-refractivity contribution in [2.45, 2.75) is 23.8 Å². The van der Waals surface area contributed by atoms with Crippen molar-refractivity contribution in [3.8, 4) is 11.6 Å². The number of nitrogens with zero attached hydrogens (tertiary/aromatic N) is 1. The van der Waals surface area contributed by atoms with Crippen LogP contribution in [0.2, 0.25) is 0 Å². The van der Waals surface area contributed by atoms with Gasteiger partial charge in [0.25, 0.3) is 5.91 Å². The minimum atomic E-state index is -3.63. The predicted molar refractivity (Wildman–Crippen MR) is 116 cm³/mol.